The van der Waals surface area contributed by atoms with E-state index in [0.717, 1.165) is 0 Å². The number of carbonyl (C=O) groups is 1. The van der Waals surface area contributed by atoms with E-state index in [2.05, 4.69) is 0 Å². The van der Waals surface area contributed by atoms with Gasteiger partial charge in [-0.05, 0) is 12.8 Å². The molecular formula is C9H17NO3. The third-order valence-electron chi connectivity index (χ3n) is 2.04. The predicted octanol–water partition coefficient (Wildman–Crippen LogP) is 0.846. The molecule has 0 aromatic rings. The van der Waals surface area contributed by atoms with Crippen molar-refractivity contribution >= 4 is 6.09 Å². The van der Waals surface area contributed by atoms with Gasteiger partial charge in [-0.25, -0.2) is 4.79 Å². The quantitative estimate of drug-likeness (QED) is 0.712. The molecule has 1 unspecified atom stereocenters. The molecule has 4 heteroatoms. The number of rotatable bonds is 3. The summed E-state index contributed by atoms with van der Waals surface area (Å²) in [6.45, 7) is 6.89. The summed E-state index contributed by atoms with van der Waals surface area (Å²) in [4.78, 5) is 12.9. The number of hydrogen-bond acceptors (Lipinski definition) is 3. The Hall–Kier alpha value is -0.770. The number of carbonyl (C=O) groups excluding carboxylic acids is 1. The molecule has 0 aromatic heterocycles. The van der Waals surface area contributed by atoms with Crippen LogP contribution in [0.4, 0.5) is 4.79 Å². The van der Waals surface area contributed by atoms with E-state index in [9.17, 15) is 4.79 Å². The zero-order valence-corrected chi connectivity index (χ0v) is 8.41. The van der Waals surface area contributed by atoms with Gasteiger partial charge in [0.25, 0.3) is 0 Å². The van der Waals surface area contributed by atoms with Crippen molar-refractivity contribution in [2.75, 3.05) is 19.7 Å². The largest absolute Gasteiger partial charge is 0.439 e. The molecule has 1 N–H and O–H groups in total. The van der Waals surface area contributed by atoms with Crippen LogP contribution in [0.25, 0.3) is 0 Å². The van der Waals surface area contributed by atoms with Crippen molar-refractivity contribution in [3.8, 4) is 0 Å². The SMILES string of the molecule is CC(C)CN1CC(C)(CO)OC1=O. The van der Waals surface area contributed by atoms with Gasteiger partial charge >= 0.3 is 6.09 Å². The van der Waals surface area contributed by atoms with Crippen molar-refractivity contribution in [3.63, 3.8) is 0 Å². The Morgan fingerprint density at radius 3 is 2.69 bits per heavy atom. The van der Waals surface area contributed by atoms with E-state index in [0.29, 0.717) is 19.0 Å². The van der Waals surface area contributed by atoms with Crippen LogP contribution in [0.1, 0.15) is 20.8 Å². The molecule has 1 atom stereocenters. The van der Waals surface area contributed by atoms with Crippen LogP contribution in [-0.2, 0) is 4.74 Å². The minimum Gasteiger partial charge on any atom is -0.439 e. The maximum Gasteiger partial charge on any atom is 0.410 e. The van der Waals surface area contributed by atoms with Gasteiger partial charge in [-0.2, -0.15) is 0 Å². The topological polar surface area (TPSA) is 49.8 Å². The smallest absolute Gasteiger partial charge is 0.410 e. The molecular weight excluding hydrogens is 170 g/mol. The first-order valence-electron chi connectivity index (χ1n) is 4.55. The average Bonchev–Trinajstić information content (AvgIpc) is 2.27. The third-order valence-corrected chi connectivity index (χ3v) is 2.04. The number of nitrogens with zero attached hydrogens (tertiary/aromatic N) is 1. The van der Waals surface area contributed by atoms with Gasteiger partial charge in [0, 0.05) is 6.54 Å². The van der Waals surface area contributed by atoms with Crippen LogP contribution >= 0.6 is 0 Å². The normalized spacial score (nSPS) is 28.4. The lowest BCUT2D eigenvalue weighted by Gasteiger charge is -2.19. The van der Waals surface area contributed by atoms with Gasteiger partial charge in [0.05, 0.1) is 13.2 Å². The Morgan fingerprint density at radius 1 is 1.69 bits per heavy atom. The van der Waals surface area contributed by atoms with Gasteiger partial charge in [-0.15, -0.1) is 0 Å². The maximum atomic E-state index is 11.3. The second-order valence-corrected chi connectivity index (χ2v) is 4.25. The molecule has 0 aromatic carbocycles. The molecule has 1 amide bonds. The summed E-state index contributed by atoms with van der Waals surface area (Å²) < 4.78 is 5.05. The summed E-state index contributed by atoms with van der Waals surface area (Å²) in [7, 11) is 0. The minimum atomic E-state index is -0.702. The Balaban J connectivity index is 2.56. The molecule has 1 heterocycles. The summed E-state index contributed by atoms with van der Waals surface area (Å²) >= 11 is 0. The van der Waals surface area contributed by atoms with Crippen LogP contribution < -0.4 is 0 Å². The van der Waals surface area contributed by atoms with E-state index < -0.39 is 5.60 Å². The highest BCUT2D eigenvalue weighted by Crippen LogP contribution is 2.22. The number of cyclic esters (lactones) is 1. The molecule has 1 saturated heterocycles. The monoisotopic (exact) mass is 187 g/mol. The summed E-state index contributed by atoms with van der Waals surface area (Å²) in [6, 6.07) is 0. The first-order chi connectivity index (χ1) is 5.97. The van der Waals surface area contributed by atoms with Crippen LogP contribution in [-0.4, -0.2) is 41.4 Å². The molecule has 0 radical (unpaired) electrons. The molecule has 0 bridgehead atoms. The average molecular weight is 187 g/mol. The Labute approximate surface area is 78.5 Å². The third kappa shape index (κ3) is 2.34. The maximum absolute atomic E-state index is 11.3. The van der Waals surface area contributed by atoms with Gasteiger partial charge in [0.15, 0.2) is 5.60 Å². The van der Waals surface area contributed by atoms with Crippen molar-refractivity contribution in [1.29, 1.82) is 0 Å². The predicted molar refractivity (Wildman–Crippen MR) is 48.4 cm³/mol. The fourth-order valence-corrected chi connectivity index (χ4v) is 1.44. The lowest BCUT2D eigenvalue weighted by atomic mass is 10.1. The Kier molecular flexibility index (Phi) is 2.81. The van der Waals surface area contributed by atoms with Crippen molar-refractivity contribution in [1.82, 2.24) is 4.90 Å². The number of hydrogen-bond donors (Lipinski definition) is 1. The van der Waals surface area contributed by atoms with Crippen LogP contribution in [0, 0.1) is 5.92 Å². The van der Waals surface area contributed by atoms with Crippen LogP contribution in [0.3, 0.4) is 0 Å². The van der Waals surface area contributed by atoms with Gasteiger partial charge in [0.1, 0.15) is 0 Å². The zero-order chi connectivity index (χ0) is 10.1. The molecule has 4 nitrogen and oxygen atoms in total. The van der Waals surface area contributed by atoms with E-state index in [1.165, 1.54) is 0 Å². The first kappa shape index (κ1) is 10.3. The number of ether oxygens (including phenoxy) is 1. The standard InChI is InChI=1S/C9H17NO3/c1-7(2)4-10-5-9(3,6-11)13-8(10)12/h7,11H,4-6H2,1-3H3. The molecule has 76 valence electrons. The van der Waals surface area contributed by atoms with E-state index in [1.54, 1.807) is 11.8 Å². The molecule has 1 fully saturated rings. The summed E-state index contributed by atoms with van der Waals surface area (Å²) in [5, 5.41) is 8.99. The van der Waals surface area contributed by atoms with Crippen LogP contribution in [0.2, 0.25) is 0 Å². The van der Waals surface area contributed by atoms with Gasteiger partial charge in [0.2, 0.25) is 0 Å². The second kappa shape index (κ2) is 3.54. The molecule has 0 aliphatic carbocycles. The minimum absolute atomic E-state index is 0.118. The lowest BCUT2D eigenvalue weighted by molar-refractivity contribution is 0.0219. The van der Waals surface area contributed by atoms with Crippen LogP contribution in [0.15, 0.2) is 0 Å². The highest BCUT2D eigenvalue weighted by atomic mass is 16.6. The van der Waals surface area contributed by atoms with Crippen molar-refractivity contribution in [3.05, 3.63) is 0 Å². The fraction of sp³-hybridized carbons (Fsp3) is 0.889. The highest BCUT2D eigenvalue weighted by molar-refractivity contribution is 5.70. The highest BCUT2D eigenvalue weighted by Gasteiger charge is 2.40. The second-order valence-electron chi connectivity index (χ2n) is 4.25. The summed E-state index contributed by atoms with van der Waals surface area (Å²) in [5.74, 6) is 0.425. The molecule has 0 saturated carbocycles. The molecule has 13 heavy (non-hydrogen) atoms. The molecule has 1 aliphatic heterocycles. The summed E-state index contributed by atoms with van der Waals surface area (Å²) in [5.41, 5.74) is -0.702. The fourth-order valence-electron chi connectivity index (χ4n) is 1.44. The van der Waals surface area contributed by atoms with E-state index in [4.69, 9.17) is 9.84 Å². The Bertz CT molecular complexity index is 205. The van der Waals surface area contributed by atoms with Crippen molar-refractivity contribution in [2.45, 2.75) is 26.4 Å². The number of amides is 1. The lowest BCUT2D eigenvalue weighted by Crippen LogP contribution is -2.36. The van der Waals surface area contributed by atoms with Crippen LogP contribution in [0.5, 0.6) is 0 Å². The van der Waals surface area contributed by atoms with E-state index >= 15 is 0 Å². The number of aliphatic hydroxyl groups is 1. The van der Waals surface area contributed by atoms with Gasteiger partial charge in [-0.3, -0.25) is 0 Å². The molecule has 0 spiro atoms. The molecule has 1 rings (SSSR count). The number of aliphatic hydroxyl groups excluding tert-OH is 1. The van der Waals surface area contributed by atoms with Gasteiger partial charge < -0.3 is 14.7 Å². The van der Waals surface area contributed by atoms with Gasteiger partial charge in [-0.1, -0.05) is 13.8 Å². The van der Waals surface area contributed by atoms with Crippen molar-refractivity contribution in [2.24, 2.45) is 5.92 Å². The summed E-state index contributed by atoms with van der Waals surface area (Å²) in [6.07, 6.45) is -0.315. The first-order valence-corrected chi connectivity index (χ1v) is 4.55. The van der Waals surface area contributed by atoms with E-state index in [-0.39, 0.29) is 12.7 Å². The molecule has 1 aliphatic rings. The Morgan fingerprint density at radius 2 is 2.31 bits per heavy atom. The van der Waals surface area contributed by atoms with Crippen molar-refractivity contribution < 1.29 is 14.6 Å². The van der Waals surface area contributed by atoms with E-state index in [1.807, 2.05) is 13.8 Å². The zero-order valence-electron chi connectivity index (χ0n) is 8.41.